The molecular weight excluding hydrogens is 190 g/mol. The zero-order valence-electron chi connectivity index (χ0n) is 9.40. The summed E-state index contributed by atoms with van der Waals surface area (Å²) in [5.41, 5.74) is 0. The van der Waals surface area contributed by atoms with Gasteiger partial charge in [-0.05, 0) is 32.0 Å². The Morgan fingerprint density at radius 2 is 2.47 bits per heavy atom. The van der Waals surface area contributed by atoms with Gasteiger partial charge in [0, 0.05) is 5.92 Å². The molecule has 15 heavy (non-hydrogen) atoms. The third-order valence-electron chi connectivity index (χ3n) is 2.97. The maximum atomic E-state index is 5.61. The molecule has 84 valence electrons. The third-order valence-corrected chi connectivity index (χ3v) is 2.97. The Hall–Kier alpha value is -0.800. The van der Waals surface area contributed by atoms with Gasteiger partial charge in [0.05, 0.1) is 25.0 Å². The maximum absolute atomic E-state index is 5.61. The van der Waals surface area contributed by atoms with Gasteiger partial charge in [0.1, 0.15) is 5.76 Å². The van der Waals surface area contributed by atoms with Crippen LogP contribution < -0.4 is 5.32 Å². The molecule has 1 N–H and O–H groups in total. The van der Waals surface area contributed by atoms with E-state index in [-0.39, 0.29) is 0 Å². The summed E-state index contributed by atoms with van der Waals surface area (Å²) in [6.07, 6.45) is 3.23. The molecule has 1 saturated heterocycles. The highest BCUT2D eigenvalue weighted by Gasteiger charge is 2.31. The molecule has 1 aromatic heterocycles. The lowest BCUT2D eigenvalue weighted by Crippen LogP contribution is -2.28. The van der Waals surface area contributed by atoms with Gasteiger partial charge >= 0.3 is 0 Å². The number of hydrogen-bond acceptors (Lipinski definition) is 3. The van der Waals surface area contributed by atoms with Gasteiger partial charge in [-0.3, -0.25) is 0 Å². The van der Waals surface area contributed by atoms with Crippen LogP contribution in [-0.4, -0.2) is 19.3 Å². The van der Waals surface area contributed by atoms with Gasteiger partial charge in [-0.2, -0.15) is 0 Å². The Bertz CT molecular complexity index is 284. The van der Waals surface area contributed by atoms with E-state index in [4.69, 9.17) is 9.15 Å². The summed E-state index contributed by atoms with van der Waals surface area (Å²) >= 11 is 0. The Morgan fingerprint density at radius 1 is 1.60 bits per heavy atom. The van der Waals surface area contributed by atoms with E-state index in [1.165, 1.54) is 0 Å². The number of ether oxygens (including phenoxy) is 1. The lowest BCUT2D eigenvalue weighted by Gasteiger charge is -2.21. The van der Waals surface area contributed by atoms with E-state index in [1.807, 2.05) is 12.1 Å². The van der Waals surface area contributed by atoms with Crippen LogP contribution in [0.25, 0.3) is 0 Å². The summed E-state index contributed by atoms with van der Waals surface area (Å²) in [5, 5.41) is 3.47. The predicted octanol–water partition coefficient (Wildman–Crippen LogP) is 2.36. The molecule has 2 heterocycles. The van der Waals surface area contributed by atoms with Crippen LogP contribution in [0.15, 0.2) is 22.8 Å². The van der Waals surface area contributed by atoms with Crippen molar-refractivity contribution < 1.29 is 9.15 Å². The second-order valence-corrected chi connectivity index (χ2v) is 4.19. The summed E-state index contributed by atoms with van der Waals surface area (Å²) in [7, 11) is 0. The molecule has 1 aromatic rings. The van der Waals surface area contributed by atoms with Crippen LogP contribution in [0.1, 0.15) is 32.1 Å². The van der Waals surface area contributed by atoms with E-state index >= 15 is 0 Å². The molecule has 1 aliphatic rings. The molecule has 0 aromatic carbocycles. The van der Waals surface area contributed by atoms with Crippen LogP contribution in [0.3, 0.4) is 0 Å². The normalized spacial score (nSPS) is 28.1. The van der Waals surface area contributed by atoms with Crippen LogP contribution in [0.2, 0.25) is 0 Å². The first-order valence-corrected chi connectivity index (χ1v) is 5.69. The Labute approximate surface area is 90.8 Å². The van der Waals surface area contributed by atoms with Crippen molar-refractivity contribution in [2.24, 2.45) is 5.92 Å². The number of furan rings is 1. The summed E-state index contributed by atoms with van der Waals surface area (Å²) < 4.78 is 11.1. The molecule has 2 rings (SSSR count). The summed E-state index contributed by atoms with van der Waals surface area (Å²) in [5.74, 6) is 1.56. The van der Waals surface area contributed by atoms with Gasteiger partial charge in [-0.1, -0.05) is 6.92 Å². The van der Waals surface area contributed by atoms with Crippen molar-refractivity contribution >= 4 is 0 Å². The molecule has 0 spiro atoms. The first-order chi connectivity index (χ1) is 7.31. The quantitative estimate of drug-likeness (QED) is 0.826. The highest BCUT2D eigenvalue weighted by atomic mass is 16.5. The molecule has 0 bridgehead atoms. The van der Waals surface area contributed by atoms with Gasteiger partial charge in [-0.15, -0.1) is 0 Å². The van der Waals surface area contributed by atoms with Crippen LogP contribution >= 0.6 is 0 Å². The predicted molar refractivity (Wildman–Crippen MR) is 58.6 cm³/mol. The van der Waals surface area contributed by atoms with E-state index in [9.17, 15) is 0 Å². The number of hydrogen-bond donors (Lipinski definition) is 1. The zero-order valence-corrected chi connectivity index (χ0v) is 9.40. The largest absolute Gasteiger partial charge is 0.468 e. The van der Waals surface area contributed by atoms with Crippen molar-refractivity contribution in [1.29, 1.82) is 0 Å². The van der Waals surface area contributed by atoms with Crippen molar-refractivity contribution in [1.82, 2.24) is 5.32 Å². The average molecular weight is 209 g/mol. The zero-order chi connectivity index (χ0) is 10.7. The van der Waals surface area contributed by atoms with Crippen molar-refractivity contribution in [3.05, 3.63) is 24.2 Å². The van der Waals surface area contributed by atoms with Gasteiger partial charge in [0.15, 0.2) is 0 Å². The summed E-state index contributed by atoms with van der Waals surface area (Å²) in [6, 6.07) is 4.28. The molecule has 1 aliphatic heterocycles. The lowest BCUT2D eigenvalue weighted by atomic mass is 9.95. The minimum Gasteiger partial charge on any atom is -0.468 e. The van der Waals surface area contributed by atoms with Crippen LogP contribution in [-0.2, 0) is 4.74 Å². The number of rotatable bonds is 4. The fraction of sp³-hybridized carbons (Fsp3) is 0.667. The Balaban J connectivity index is 2.06. The fourth-order valence-electron chi connectivity index (χ4n) is 2.27. The first kappa shape index (κ1) is 10.7. The molecule has 3 heteroatoms. The standard InChI is InChI=1S/C12H19NO2/c1-3-13-12(11-5-4-6-14-11)10-7-9(2)15-8-10/h4-6,9-10,12-13H,3,7-8H2,1-2H3. The van der Waals surface area contributed by atoms with Gasteiger partial charge < -0.3 is 14.5 Å². The highest BCUT2D eigenvalue weighted by Crippen LogP contribution is 2.31. The van der Waals surface area contributed by atoms with Crippen molar-refractivity contribution in [3.63, 3.8) is 0 Å². The molecule has 0 aliphatic carbocycles. The molecular formula is C12H19NO2. The average Bonchev–Trinajstić information content (AvgIpc) is 2.85. The third kappa shape index (κ3) is 2.41. The Morgan fingerprint density at radius 3 is 3.00 bits per heavy atom. The van der Waals surface area contributed by atoms with E-state index in [0.29, 0.717) is 18.1 Å². The fourth-order valence-corrected chi connectivity index (χ4v) is 2.27. The topological polar surface area (TPSA) is 34.4 Å². The molecule has 0 saturated carbocycles. The van der Waals surface area contributed by atoms with Crippen LogP contribution in [0, 0.1) is 5.92 Å². The molecule has 1 fully saturated rings. The highest BCUT2D eigenvalue weighted by molar-refractivity contribution is 5.06. The van der Waals surface area contributed by atoms with Gasteiger partial charge in [0.25, 0.3) is 0 Å². The smallest absolute Gasteiger partial charge is 0.121 e. The molecule has 3 unspecified atom stereocenters. The van der Waals surface area contributed by atoms with E-state index in [0.717, 1.165) is 25.3 Å². The summed E-state index contributed by atoms with van der Waals surface area (Å²) in [4.78, 5) is 0. The second-order valence-electron chi connectivity index (χ2n) is 4.19. The Kier molecular flexibility index (Phi) is 3.44. The van der Waals surface area contributed by atoms with E-state index in [2.05, 4.69) is 19.2 Å². The van der Waals surface area contributed by atoms with E-state index < -0.39 is 0 Å². The number of nitrogens with one attached hydrogen (secondary N) is 1. The first-order valence-electron chi connectivity index (χ1n) is 5.69. The SMILES string of the molecule is CCNC(c1ccco1)C1COC(C)C1. The molecule has 0 amide bonds. The lowest BCUT2D eigenvalue weighted by molar-refractivity contribution is 0.116. The molecule has 0 radical (unpaired) electrons. The molecule has 3 nitrogen and oxygen atoms in total. The second kappa shape index (κ2) is 4.81. The van der Waals surface area contributed by atoms with Crippen LogP contribution in [0.5, 0.6) is 0 Å². The van der Waals surface area contributed by atoms with Crippen molar-refractivity contribution in [2.45, 2.75) is 32.4 Å². The monoisotopic (exact) mass is 209 g/mol. The maximum Gasteiger partial charge on any atom is 0.121 e. The van der Waals surface area contributed by atoms with Crippen molar-refractivity contribution in [2.75, 3.05) is 13.2 Å². The minimum atomic E-state index is 0.301. The van der Waals surface area contributed by atoms with E-state index in [1.54, 1.807) is 6.26 Å². The van der Waals surface area contributed by atoms with Gasteiger partial charge in [-0.25, -0.2) is 0 Å². The minimum absolute atomic E-state index is 0.301. The van der Waals surface area contributed by atoms with Crippen LogP contribution in [0.4, 0.5) is 0 Å². The molecule has 3 atom stereocenters. The van der Waals surface area contributed by atoms with Gasteiger partial charge in [0.2, 0.25) is 0 Å². The van der Waals surface area contributed by atoms with Crippen molar-refractivity contribution in [3.8, 4) is 0 Å². The summed E-state index contributed by atoms with van der Waals surface area (Å²) in [6.45, 7) is 6.04.